The topological polar surface area (TPSA) is 79.3 Å². The molecule has 0 saturated carbocycles. The minimum Gasteiger partial charge on any atom is -0.507 e. The van der Waals surface area contributed by atoms with E-state index in [0.29, 0.717) is 24.5 Å². The molecule has 7 nitrogen and oxygen atoms in total. The number of unbranched alkanes of at least 4 members (excludes halogenated alkanes) is 1. The zero-order valence-corrected chi connectivity index (χ0v) is 20.4. The average Bonchev–Trinajstić information content (AvgIpc) is 3.48. The molecule has 1 aromatic carbocycles. The van der Waals surface area contributed by atoms with Crippen LogP contribution in [0.25, 0.3) is 5.76 Å². The number of aliphatic hydroxyl groups excluding tert-OH is 1. The Hall–Kier alpha value is -2.68. The molecule has 2 aromatic rings. The molecule has 0 spiro atoms. The van der Waals surface area contributed by atoms with Crippen molar-refractivity contribution in [1.82, 2.24) is 9.80 Å². The van der Waals surface area contributed by atoms with Crippen molar-refractivity contribution >= 4 is 28.8 Å². The summed E-state index contributed by atoms with van der Waals surface area (Å²) in [5.41, 5.74) is 0.647. The van der Waals surface area contributed by atoms with Crippen LogP contribution in [0.4, 0.5) is 0 Å². The molecule has 1 amide bonds. The zero-order chi connectivity index (χ0) is 23.9. The number of ether oxygens (including phenoxy) is 2. The summed E-state index contributed by atoms with van der Waals surface area (Å²) in [5.74, 6) is -0.622. The van der Waals surface area contributed by atoms with Crippen LogP contribution in [-0.2, 0) is 14.3 Å². The van der Waals surface area contributed by atoms with Crippen molar-refractivity contribution in [3.8, 4) is 5.75 Å². The van der Waals surface area contributed by atoms with Crippen LogP contribution in [0.3, 0.4) is 0 Å². The summed E-state index contributed by atoms with van der Waals surface area (Å²) < 4.78 is 11.1. The number of benzene rings is 1. The summed E-state index contributed by atoms with van der Waals surface area (Å²) in [6.07, 6.45) is 2.77. The maximum Gasteiger partial charge on any atom is 0.295 e. The first kappa shape index (κ1) is 24.4. The van der Waals surface area contributed by atoms with Crippen molar-refractivity contribution < 1.29 is 24.2 Å². The van der Waals surface area contributed by atoms with Gasteiger partial charge in [0.05, 0.1) is 31.4 Å². The number of amides is 1. The lowest BCUT2D eigenvalue weighted by molar-refractivity contribution is -0.140. The van der Waals surface area contributed by atoms with E-state index < -0.39 is 17.7 Å². The predicted molar refractivity (Wildman–Crippen MR) is 132 cm³/mol. The van der Waals surface area contributed by atoms with Gasteiger partial charge in [0.25, 0.3) is 11.7 Å². The van der Waals surface area contributed by atoms with Crippen molar-refractivity contribution in [3.63, 3.8) is 0 Å². The fraction of sp³-hybridized carbons (Fsp3) is 0.462. The van der Waals surface area contributed by atoms with Gasteiger partial charge in [0.15, 0.2) is 0 Å². The summed E-state index contributed by atoms with van der Waals surface area (Å²) in [6.45, 7) is 7.23. The SMILES string of the molecule is CCCCOc1ccc(/C(O)=C2\C(=O)C(=O)N(CCCN3CCOCC3)C2c2cccs2)cc1. The molecule has 1 N–H and O–H groups in total. The highest BCUT2D eigenvalue weighted by Gasteiger charge is 2.46. The number of ketones is 1. The zero-order valence-electron chi connectivity index (χ0n) is 19.6. The fourth-order valence-electron chi connectivity index (χ4n) is 4.34. The van der Waals surface area contributed by atoms with Crippen LogP contribution in [0.1, 0.15) is 42.7 Å². The van der Waals surface area contributed by atoms with Gasteiger partial charge in [0, 0.05) is 36.6 Å². The third kappa shape index (κ3) is 5.51. The lowest BCUT2D eigenvalue weighted by atomic mass is 10.00. The standard InChI is InChI=1S/C26H32N2O5S/c1-2-3-15-33-20-9-7-19(8-10-20)24(29)22-23(21-6-4-18-34-21)28(26(31)25(22)30)12-5-11-27-13-16-32-17-14-27/h4,6-10,18,23,29H,2-3,5,11-17H2,1H3/b24-22+. The highest BCUT2D eigenvalue weighted by Crippen LogP contribution is 2.41. The second-order valence-electron chi connectivity index (χ2n) is 8.54. The molecule has 3 heterocycles. The Bertz CT molecular complexity index is 997. The van der Waals surface area contributed by atoms with Crippen LogP contribution in [-0.4, -0.2) is 72.6 Å². The van der Waals surface area contributed by atoms with Gasteiger partial charge in [0.1, 0.15) is 11.5 Å². The Morgan fingerprint density at radius 1 is 1.12 bits per heavy atom. The van der Waals surface area contributed by atoms with Gasteiger partial charge >= 0.3 is 0 Å². The first-order valence-corrected chi connectivity index (χ1v) is 12.8. The van der Waals surface area contributed by atoms with E-state index in [1.807, 2.05) is 17.5 Å². The van der Waals surface area contributed by atoms with Crippen LogP contribution in [0.2, 0.25) is 0 Å². The number of morpholine rings is 1. The molecular weight excluding hydrogens is 452 g/mol. The highest BCUT2D eigenvalue weighted by atomic mass is 32.1. The van der Waals surface area contributed by atoms with Crippen LogP contribution in [0.15, 0.2) is 47.4 Å². The van der Waals surface area contributed by atoms with Gasteiger partial charge in [-0.2, -0.15) is 0 Å². The third-order valence-corrected chi connectivity index (χ3v) is 7.15. The molecule has 2 aliphatic heterocycles. The first-order valence-electron chi connectivity index (χ1n) is 11.9. The van der Waals surface area contributed by atoms with E-state index in [0.717, 1.165) is 57.0 Å². The van der Waals surface area contributed by atoms with Crippen molar-refractivity contribution in [1.29, 1.82) is 0 Å². The Morgan fingerprint density at radius 3 is 2.56 bits per heavy atom. The van der Waals surface area contributed by atoms with Crippen molar-refractivity contribution in [3.05, 3.63) is 57.8 Å². The average molecular weight is 485 g/mol. The Balaban J connectivity index is 1.55. The maximum atomic E-state index is 13.1. The molecule has 2 saturated heterocycles. The number of hydrogen-bond donors (Lipinski definition) is 1. The fourth-order valence-corrected chi connectivity index (χ4v) is 5.19. The first-order chi connectivity index (χ1) is 16.6. The molecular formula is C26H32N2O5S. The molecule has 4 rings (SSSR count). The normalized spacial score (nSPS) is 20.7. The number of nitrogens with zero attached hydrogens (tertiary/aromatic N) is 2. The number of carbonyl (C=O) groups is 2. The van der Waals surface area contributed by atoms with Crippen molar-refractivity contribution in [2.45, 2.75) is 32.2 Å². The quantitative estimate of drug-likeness (QED) is 0.237. The molecule has 1 aromatic heterocycles. The van der Waals surface area contributed by atoms with E-state index in [4.69, 9.17) is 9.47 Å². The van der Waals surface area contributed by atoms with Gasteiger partial charge in [-0.15, -0.1) is 11.3 Å². The number of hydrogen-bond acceptors (Lipinski definition) is 7. The van der Waals surface area contributed by atoms with Crippen LogP contribution in [0, 0.1) is 0 Å². The molecule has 1 unspecified atom stereocenters. The summed E-state index contributed by atoms with van der Waals surface area (Å²) in [6, 6.07) is 10.3. The number of Topliss-reactive ketones (excluding diaryl/α,β-unsaturated/α-hetero) is 1. The van der Waals surface area contributed by atoms with Gasteiger partial charge in [0.2, 0.25) is 0 Å². The van der Waals surface area contributed by atoms with Gasteiger partial charge in [-0.3, -0.25) is 14.5 Å². The van der Waals surface area contributed by atoms with Crippen LogP contribution < -0.4 is 4.74 Å². The Labute approximate surface area is 204 Å². The number of aliphatic hydroxyl groups is 1. The van der Waals surface area contributed by atoms with Gasteiger partial charge in [-0.05, 0) is 48.6 Å². The molecule has 8 heteroatoms. The largest absolute Gasteiger partial charge is 0.507 e. The van der Waals surface area contributed by atoms with E-state index in [-0.39, 0.29) is 11.3 Å². The highest BCUT2D eigenvalue weighted by molar-refractivity contribution is 7.10. The van der Waals surface area contributed by atoms with E-state index in [2.05, 4.69) is 11.8 Å². The second-order valence-corrected chi connectivity index (χ2v) is 9.52. The molecule has 1 atom stereocenters. The summed E-state index contributed by atoms with van der Waals surface area (Å²) in [5, 5.41) is 13.1. The molecule has 0 aliphatic carbocycles. The molecule has 2 fully saturated rings. The molecule has 0 bridgehead atoms. The molecule has 182 valence electrons. The molecule has 0 radical (unpaired) electrons. The van der Waals surface area contributed by atoms with Crippen molar-refractivity contribution in [2.24, 2.45) is 0 Å². The van der Waals surface area contributed by atoms with E-state index in [1.54, 1.807) is 29.2 Å². The molecule has 2 aliphatic rings. The minimum absolute atomic E-state index is 0.146. The maximum absolute atomic E-state index is 13.1. The predicted octanol–water partition coefficient (Wildman–Crippen LogP) is 4.07. The lowest BCUT2D eigenvalue weighted by Crippen LogP contribution is -2.38. The summed E-state index contributed by atoms with van der Waals surface area (Å²) in [4.78, 5) is 30.9. The monoisotopic (exact) mass is 484 g/mol. The molecule has 34 heavy (non-hydrogen) atoms. The van der Waals surface area contributed by atoms with E-state index in [9.17, 15) is 14.7 Å². The van der Waals surface area contributed by atoms with Crippen LogP contribution >= 0.6 is 11.3 Å². The van der Waals surface area contributed by atoms with Crippen LogP contribution in [0.5, 0.6) is 5.75 Å². The van der Waals surface area contributed by atoms with Gasteiger partial charge in [-0.25, -0.2) is 0 Å². The van der Waals surface area contributed by atoms with E-state index in [1.165, 1.54) is 11.3 Å². The third-order valence-electron chi connectivity index (χ3n) is 6.22. The Kier molecular flexibility index (Phi) is 8.37. The minimum atomic E-state index is -0.634. The summed E-state index contributed by atoms with van der Waals surface area (Å²) in [7, 11) is 0. The number of likely N-dealkylation sites (tertiary alicyclic amines) is 1. The number of carbonyl (C=O) groups excluding carboxylic acids is 2. The van der Waals surface area contributed by atoms with Gasteiger partial charge < -0.3 is 19.5 Å². The number of rotatable bonds is 10. The van der Waals surface area contributed by atoms with E-state index >= 15 is 0 Å². The summed E-state index contributed by atoms with van der Waals surface area (Å²) >= 11 is 1.48. The van der Waals surface area contributed by atoms with Gasteiger partial charge in [-0.1, -0.05) is 19.4 Å². The smallest absolute Gasteiger partial charge is 0.295 e. The van der Waals surface area contributed by atoms with Crippen molar-refractivity contribution in [2.75, 3.05) is 46.0 Å². The number of thiophene rings is 1. The second kappa shape index (κ2) is 11.6. The lowest BCUT2D eigenvalue weighted by Gasteiger charge is -2.28. The Morgan fingerprint density at radius 2 is 1.88 bits per heavy atom.